The molecule has 84 valence electrons. The van der Waals surface area contributed by atoms with Crippen LogP contribution in [-0.2, 0) is 0 Å². The Kier molecular flexibility index (Phi) is 3.24. The van der Waals surface area contributed by atoms with E-state index in [9.17, 15) is 0 Å². The van der Waals surface area contributed by atoms with Crippen LogP contribution in [0.1, 0.15) is 20.8 Å². The number of nitrogens with zero attached hydrogens (tertiary/aromatic N) is 2. The van der Waals surface area contributed by atoms with Crippen molar-refractivity contribution >= 4 is 0 Å². The van der Waals surface area contributed by atoms with Gasteiger partial charge in [0.05, 0.1) is 0 Å². The van der Waals surface area contributed by atoms with E-state index in [0.29, 0.717) is 5.41 Å². The Labute approximate surface area is 88.5 Å². The third-order valence-electron chi connectivity index (χ3n) is 3.25. The second-order valence-corrected chi connectivity index (χ2v) is 5.92. The molecule has 0 aromatic rings. The standard InChI is InChI=1S/C11H25N3/c1-10(2,3)11(7-13(4)5)8-14(6)9-12-11/h12H,7-9H2,1-6H3. The van der Waals surface area contributed by atoms with E-state index in [1.54, 1.807) is 0 Å². The third kappa shape index (κ3) is 2.27. The predicted molar refractivity (Wildman–Crippen MR) is 61.4 cm³/mol. The smallest absolute Gasteiger partial charge is 0.0496 e. The molecule has 1 atom stereocenters. The van der Waals surface area contributed by atoms with E-state index >= 15 is 0 Å². The number of hydrogen-bond donors (Lipinski definition) is 1. The molecule has 3 heteroatoms. The van der Waals surface area contributed by atoms with Gasteiger partial charge in [0.25, 0.3) is 0 Å². The molecule has 1 unspecified atom stereocenters. The van der Waals surface area contributed by atoms with Crippen LogP contribution in [0, 0.1) is 5.41 Å². The maximum atomic E-state index is 3.68. The van der Waals surface area contributed by atoms with Crippen molar-refractivity contribution in [3.05, 3.63) is 0 Å². The van der Waals surface area contributed by atoms with E-state index in [-0.39, 0.29) is 5.54 Å². The summed E-state index contributed by atoms with van der Waals surface area (Å²) in [4.78, 5) is 4.63. The van der Waals surface area contributed by atoms with Gasteiger partial charge in [-0.1, -0.05) is 20.8 Å². The van der Waals surface area contributed by atoms with Gasteiger partial charge in [0, 0.05) is 25.3 Å². The Hall–Kier alpha value is -0.120. The highest BCUT2D eigenvalue weighted by atomic mass is 15.3. The van der Waals surface area contributed by atoms with Gasteiger partial charge >= 0.3 is 0 Å². The number of likely N-dealkylation sites (N-methyl/N-ethyl adjacent to an activating group) is 2. The van der Waals surface area contributed by atoms with Crippen LogP contribution >= 0.6 is 0 Å². The molecule has 1 aliphatic heterocycles. The molecule has 3 nitrogen and oxygen atoms in total. The van der Waals surface area contributed by atoms with E-state index in [2.05, 4.69) is 57.0 Å². The van der Waals surface area contributed by atoms with Crippen molar-refractivity contribution in [3.8, 4) is 0 Å². The molecule has 1 rings (SSSR count). The molecule has 0 bridgehead atoms. The van der Waals surface area contributed by atoms with Crippen LogP contribution in [-0.4, -0.2) is 56.2 Å². The Morgan fingerprint density at radius 2 is 1.93 bits per heavy atom. The van der Waals surface area contributed by atoms with E-state index in [0.717, 1.165) is 19.8 Å². The Balaban J connectivity index is 2.81. The summed E-state index contributed by atoms with van der Waals surface area (Å²) in [5.41, 5.74) is 0.521. The van der Waals surface area contributed by atoms with Crippen molar-refractivity contribution in [3.63, 3.8) is 0 Å². The monoisotopic (exact) mass is 199 g/mol. The van der Waals surface area contributed by atoms with Gasteiger partial charge in [0.2, 0.25) is 0 Å². The topological polar surface area (TPSA) is 18.5 Å². The van der Waals surface area contributed by atoms with Gasteiger partial charge in [-0.15, -0.1) is 0 Å². The van der Waals surface area contributed by atoms with Gasteiger partial charge in [-0.3, -0.25) is 10.2 Å². The Morgan fingerprint density at radius 3 is 2.21 bits per heavy atom. The van der Waals surface area contributed by atoms with Crippen LogP contribution in [0.15, 0.2) is 0 Å². The quantitative estimate of drug-likeness (QED) is 0.710. The molecule has 1 heterocycles. The highest BCUT2D eigenvalue weighted by molar-refractivity contribution is 5.04. The first-order valence-corrected chi connectivity index (χ1v) is 5.35. The van der Waals surface area contributed by atoms with Gasteiger partial charge < -0.3 is 4.90 Å². The summed E-state index contributed by atoms with van der Waals surface area (Å²) >= 11 is 0. The van der Waals surface area contributed by atoms with Crippen molar-refractivity contribution in [1.82, 2.24) is 15.1 Å². The lowest BCUT2D eigenvalue weighted by molar-refractivity contribution is 0.124. The van der Waals surface area contributed by atoms with Crippen LogP contribution < -0.4 is 5.32 Å². The minimum Gasteiger partial charge on any atom is -0.307 e. The largest absolute Gasteiger partial charge is 0.307 e. The molecule has 0 radical (unpaired) electrons. The average molecular weight is 199 g/mol. The molecule has 0 aromatic heterocycles. The fourth-order valence-corrected chi connectivity index (χ4v) is 2.24. The molecule has 1 aliphatic rings. The summed E-state index contributed by atoms with van der Waals surface area (Å²) in [7, 11) is 6.47. The second kappa shape index (κ2) is 3.80. The summed E-state index contributed by atoms with van der Waals surface area (Å²) in [6.45, 7) is 10.2. The van der Waals surface area contributed by atoms with Crippen LogP contribution in [0.2, 0.25) is 0 Å². The molecule has 0 saturated carbocycles. The minimum atomic E-state index is 0.227. The van der Waals surface area contributed by atoms with Gasteiger partial charge in [-0.25, -0.2) is 0 Å². The summed E-state index contributed by atoms with van der Waals surface area (Å²) < 4.78 is 0. The van der Waals surface area contributed by atoms with Crippen LogP contribution in [0.3, 0.4) is 0 Å². The summed E-state index contributed by atoms with van der Waals surface area (Å²) in [5, 5.41) is 3.68. The van der Waals surface area contributed by atoms with Gasteiger partial charge in [-0.2, -0.15) is 0 Å². The zero-order valence-electron chi connectivity index (χ0n) is 10.5. The highest BCUT2D eigenvalue weighted by Gasteiger charge is 2.45. The van der Waals surface area contributed by atoms with Crippen molar-refractivity contribution in [1.29, 1.82) is 0 Å². The van der Waals surface area contributed by atoms with Crippen molar-refractivity contribution in [2.75, 3.05) is 40.9 Å². The molecular formula is C11H25N3. The first-order chi connectivity index (χ1) is 6.27. The first-order valence-electron chi connectivity index (χ1n) is 5.35. The second-order valence-electron chi connectivity index (χ2n) is 5.92. The van der Waals surface area contributed by atoms with Gasteiger partial charge in [0.15, 0.2) is 0 Å². The minimum absolute atomic E-state index is 0.227. The number of rotatable bonds is 2. The van der Waals surface area contributed by atoms with E-state index in [1.807, 2.05) is 0 Å². The summed E-state index contributed by atoms with van der Waals surface area (Å²) in [5.74, 6) is 0. The molecular weight excluding hydrogens is 174 g/mol. The molecule has 1 fully saturated rings. The van der Waals surface area contributed by atoms with Crippen LogP contribution in [0.5, 0.6) is 0 Å². The summed E-state index contributed by atoms with van der Waals surface area (Å²) in [6.07, 6.45) is 0. The Morgan fingerprint density at radius 1 is 1.36 bits per heavy atom. The lowest BCUT2D eigenvalue weighted by Crippen LogP contribution is -2.59. The molecule has 14 heavy (non-hydrogen) atoms. The first kappa shape index (κ1) is 12.0. The van der Waals surface area contributed by atoms with Crippen LogP contribution in [0.25, 0.3) is 0 Å². The lowest BCUT2D eigenvalue weighted by Gasteiger charge is -2.43. The maximum absolute atomic E-state index is 3.68. The zero-order valence-corrected chi connectivity index (χ0v) is 10.5. The Bertz CT molecular complexity index is 195. The maximum Gasteiger partial charge on any atom is 0.0496 e. The molecule has 1 N–H and O–H groups in total. The van der Waals surface area contributed by atoms with E-state index in [1.165, 1.54) is 0 Å². The normalized spacial score (nSPS) is 30.2. The average Bonchev–Trinajstić information content (AvgIpc) is 2.29. The van der Waals surface area contributed by atoms with Gasteiger partial charge in [0.1, 0.15) is 0 Å². The fourth-order valence-electron chi connectivity index (χ4n) is 2.24. The predicted octanol–water partition coefficient (Wildman–Crippen LogP) is 0.825. The number of hydrogen-bond acceptors (Lipinski definition) is 3. The molecule has 0 amide bonds. The van der Waals surface area contributed by atoms with Crippen molar-refractivity contribution < 1.29 is 0 Å². The fraction of sp³-hybridized carbons (Fsp3) is 1.00. The molecule has 0 spiro atoms. The molecule has 0 aromatic carbocycles. The molecule has 0 aliphatic carbocycles. The van der Waals surface area contributed by atoms with Crippen LogP contribution in [0.4, 0.5) is 0 Å². The van der Waals surface area contributed by atoms with E-state index in [4.69, 9.17) is 0 Å². The SMILES string of the molecule is CN(C)CC1(C(C)(C)C)CN(C)CN1. The van der Waals surface area contributed by atoms with E-state index < -0.39 is 0 Å². The summed E-state index contributed by atoms with van der Waals surface area (Å²) in [6, 6.07) is 0. The molecule has 1 saturated heterocycles. The number of nitrogens with one attached hydrogen (secondary N) is 1. The third-order valence-corrected chi connectivity index (χ3v) is 3.25. The highest BCUT2D eigenvalue weighted by Crippen LogP contribution is 2.34. The zero-order chi connectivity index (χ0) is 11.0. The van der Waals surface area contributed by atoms with Crippen molar-refractivity contribution in [2.24, 2.45) is 5.41 Å². The van der Waals surface area contributed by atoms with Crippen molar-refractivity contribution in [2.45, 2.75) is 26.3 Å². The van der Waals surface area contributed by atoms with Gasteiger partial charge in [-0.05, 0) is 26.6 Å². The lowest BCUT2D eigenvalue weighted by atomic mass is 9.73.